The number of nitrogens with zero attached hydrogens (tertiary/aromatic N) is 1. The van der Waals surface area contributed by atoms with Gasteiger partial charge < -0.3 is 10.6 Å². The summed E-state index contributed by atoms with van der Waals surface area (Å²) in [4.78, 5) is 12.6. The summed E-state index contributed by atoms with van der Waals surface area (Å²) >= 11 is 2.25. The second-order valence-electron chi connectivity index (χ2n) is 8.43. The second-order valence-corrected chi connectivity index (χ2v) is 9.67. The van der Waals surface area contributed by atoms with Crippen LogP contribution in [0.25, 0.3) is 0 Å². The fourth-order valence-electron chi connectivity index (χ4n) is 5.62. The molecule has 136 valence electrons. The number of hydrogen-bond donors (Lipinski definition) is 2. The Kier molecular flexibility index (Phi) is 4.72. The van der Waals surface area contributed by atoms with Gasteiger partial charge in [0.25, 0.3) is 5.91 Å². The largest absolute Gasteiger partial charge is 0.384 e. The molecular formula is C21H24IN3O. The van der Waals surface area contributed by atoms with Crippen molar-refractivity contribution in [1.29, 1.82) is 5.26 Å². The standard InChI is InChI=1S/C21H24IN3O/c1-13-4-18(22)2-3-19(13)25-20(26)17(11-23)12-24-21-8-14-5-15(9-21)7-16(6-14)10-21/h2-4,12,14-16,24H,5-10H2,1H3,(H,25,26)/b17-12-. The molecule has 4 nitrogen and oxygen atoms in total. The number of anilines is 1. The van der Waals surface area contributed by atoms with E-state index in [1.807, 2.05) is 25.1 Å². The fourth-order valence-corrected chi connectivity index (χ4v) is 6.27. The summed E-state index contributed by atoms with van der Waals surface area (Å²) < 4.78 is 1.12. The molecule has 0 atom stereocenters. The van der Waals surface area contributed by atoms with E-state index in [4.69, 9.17) is 0 Å². The monoisotopic (exact) mass is 461 g/mol. The molecule has 0 spiro atoms. The van der Waals surface area contributed by atoms with Crippen LogP contribution >= 0.6 is 22.6 Å². The van der Waals surface area contributed by atoms with Gasteiger partial charge in [-0.25, -0.2) is 0 Å². The van der Waals surface area contributed by atoms with Crippen LogP contribution in [0.1, 0.15) is 44.1 Å². The van der Waals surface area contributed by atoms with Gasteiger partial charge in [0.1, 0.15) is 11.6 Å². The lowest BCUT2D eigenvalue weighted by molar-refractivity contribution is -0.112. The average Bonchev–Trinajstić information content (AvgIpc) is 2.56. The third kappa shape index (κ3) is 3.48. The molecule has 0 aliphatic heterocycles. The van der Waals surface area contributed by atoms with Gasteiger partial charge in [0.15, 0.2) is 0 Å². The summed E-state index contributed by atoms with van der Waals surface area (Å²) in [6.45, 7) is 1.96. The molecule has 1 amide bonds. The van der Waals surface area contributed by atoms with Crippen LogP contribution in [0.3, 0.4) is 0 Å². The maximum absolute atomic E-state index is 12.6. The SMILES string of the molecule is Cc1cc(I)ccc1NC(=O)/C(C#N)=C\NC12CC3CC(CC(C3)C1)C2. The molecule has 0 radical (unpaired) electrons. The van der Waals surface area contributed by atoms with E-state index < -0.39 is 0 Å². The van der Waals surface area contributed by atoms with Crippen molar-refractivity contribution in [3.05, 3.63) is 39.1 Å². The minimum atomic E-state index is -0.339. The zero-order valence-electron chi connectivity index (χ0n) is 15.0. The zero-order chi connectivity index (χ0) is 18.3. The van der Waals surface area contributed by atoms with E-state index in [2.05, 4.69) is 39.3 Å². The normalized spacial score (nSPS) is 32.2. The second kappa shape index (κ2) is 6.88. The van der Waals surface area contributed by atoms with Crippen molar-refractivity contribution >= 4 is 34.2 Å². The van der Waals surface area contributed by atoms with Gasteiger partial charge >= 0.3 is 0 Å². The summed E-state index contributed by atoms with van der Waals surface area (Å²) in [5, 5.41) is 15.9. The average molecular weight is 461 g/mol. The van der Waals surface area contributed by atoms with Crippen molar-refractivity contribution in [2.45, 2.75) is 51.0 Å². The van der Waals surface area contributed by atoms with Gasteiger partial charge in [0, 0.05) is 21.0 Å². The van der Waals surface area contributed by atoms with Crippen molar-refractivity contribution in [3.8, 4) is 6.07 Å². The topological polar surface area (TPSA) is 64.9 Å². The van der Waals surface area contributed by atoms with Crippen LogP contribution in [-0.4, -0.2) is 11.4 Å². The van der Waals surface area contributed by atoms with Crippen molar-refractivity contribution < 1.29 is 4.79 Å². The van der Waals surface area contributed by atoms with E-state index in [1.54, 1.807) is 6.20 Å². The molecule has 4 bridgehead atoms. The molecule has 0 heterocycles. The fraction of sp³-hybridized carbons (Fsp3) is 0.524. The molecule has 4 aliphatic carbocycles. The molecule has 1 aromatic rings. The van der Waals surface area contributed by atoms with E-state index in [9.17, 15) is 10.1 Å². The number of nitrogens with one attached hydrogen (secondary N) is 2. The summed E-state index contributed by atoms with van der Waals surface area (Å²) in [5.41, 5.74) is 2.01. The van der Waals surface area contributed by atoms with E-state index in [1.165, 1.54) is 38.5 Å². The number of rotatable bonds is 4. The first-order chi connectivity index (χ1) is 12.5. The number of amides is 1. The molecular weight excluding hydrogens is 437 g/mol. The van der Waals surface area contributed by atoms with Crippen molar-refractivity contribution in [2.75, 3.05) is 5.32 Å². The molecule has 0 unspecified atom stereocenters. The molecule has 26 heavy (non-hydrogen) atoms. The highest BCUT2D eigenvalue weighted by Gasteiger charge is 2.50. The number of benzene rings is 1. The summed E-state index contributed by atoms with van der Waals surface area (Å²) in [7, 11) is 0. The molecule has 2 N–H and O–H groups in total. The van der Waals surface area contributed by atoms with Gasteiger partial charge in [-0.3, -0.25) is 4.79 Å². The Hall–Kier alpha value is -1.55. The third-order valence-electron chi connectivity index (χ3n) is 6.36. The molecule has 0 aromatic heterocycles. The first-order valence-electron chi connectivity index (χ1n) is 9.42. The number of carbonyl (C=O) groups is 1. The van der Waals surface area contributed by atoms with Crippen LogP contribution in [0, 0.1) is 39.6 Å². The number of hydrogen-bond acceptors (Lipinski definition) is 3. The maximum Gasteiger partial charge on any atom is 0.267 e. The minimum Gasteiger partial charge on any atom is -0.384 e. The van der Waals surface area contributed by atoms with E-state index in [-0.39, 0.29) is 17.0 Å². The van der Waals surface area contributed by atoms with Gasteiger partial charge in [-0.15, -0.1) is 0 Å². The zero-order valence-corrected chi connectivity index (χ0v) is 17.2. The predicted octanol–water partition coefficient (Wildman–Crippen LogP) is 4.50. The van der Waals surface area contributed by atoms with Crippen LogP contribution < -0.4 is 10.6 Å². The molecule has 4 saturated carbocycles. The Morgan fingerprint density at radius 2 is 1.85 bits per heavy atom. The van der Waals surface area contributed by atoms with Gasteiger partial charge in [0.05, 0.1) is 0 Å². The van der Waals surface area contributed by atoms with E-state index in [0.29, 0.717) is 0 Å². The molecule has 5 heteroatoms. The van der Waals surface area contributed by atoms with Crippen LogP contribution in [0.5, 0.6) is 0 Å². The summed E-state index contributed by atoms with van der Waals surface area (Å²) in [6, 6.07) is 7.92. The summed E-state index contributed by atoms with van der Waals surface area (Å²) in [5.74, 6) is 2.15. The highest BCUT2D eigenvalue weighted by molar-refractivity contribution is 14.1. The number of nitriles is 1. The number of aryl methyl sites for hydroxylation is 1. The van der Waals surface area contributed by atoms with Crippen molar-refractivity contribution in [2.24, 2.45) is 17.8 Å². The van der Waals surface area contributed by atoms with Crippen LogP contribution in [0.15, 0.2) is 30.0 Å². The molecule has 5 rings (SSSR count). The molecule has 4 fully saturated rings. The number of halogens is 1. The van der Waals surface area contributed by atoms with Gasteiger partial charge in [-0.1, -0.05) is 0 Å². The molecule has 0 saturated heterocycles. The van der Waals surface area contributed by atoms with E-state index >= 15 is 0 Å². The van der Waals surface area contributed by atoms with Crippen LogP contribution in [0.4, 0.5) is 5.69 Å². The van der Waals surface area contributed by atoms with Gasteiger partial charge in [-0.05, 0) is 110 Å². The first kappa shape index (κ1) is 17.8. The van der Waals surface area contributed by atoms with Crippen molar-refractivity contribution in [3.63, 3.8) is 0 Å². The minimum absolute atomic E-state index is 0.107. The quantitative estimate of drug-likeness (QED) is 0.394. The lowest BCUT2D eigenvalue weighted by Gasteiger charge is -2.56. The molecule has 4 aliphatic rings. The first-order valence-corrected chi connectivity index (χ1v) is 10.5. The lowest BCUT2D eigenvalue weighted by atomic mass is 9.53. The Morgan fingerprint density at radius 1 is 1.23 bits per heavy atom. The van der Waals surface area contributed by atoms with Gasteiger partial charge in [0.2, 0.25) is 0 Å². The summed E-state index contributed by atoms with van der Waals surface area (Å²) in [6.07, 6.45) is 9.36. The van der Waals surface area contributed by atoms with Crippen molar-refractivity contribution in [1.82, 2.24) is 5.32 Å². The predicted molar refractivity (Wildman–Crippen MR) is 110 cm³/mol. The number of carbonyl (C=O) groups excluding carboxylic acids is 1. The Labute approximate surface area is 168 Å². The highest BCUT2D eigenvalue weighted by atomic mass is 127. The highest BCUT2D eigenvalue weighted by Crippen LogP contribution is 2.55. The Morgan fingerprint density at radius 3 is 2.38 bits per heavy atom. The lowest BCUT2D eigenvalue weighted by Crippen LogP contribution is -2.57. The Balaban J connectivity index is 1.47. The van der Waals surface area contributed by atoms with Crippen LogP contribution in [0.2, 0.25) is 0 Å². The third-order valence-corrected chi connectivity index (χ3v) is 7.03. The van der Waals surface area contributed by atoms with E-state index in [0.717, 1.165) is 32.6 Å². The maximum atomic E-state index is 12.6. The Bertz CT molecular complexity index is 773. The molecule has 1 aromatic carbocycles. The van der Waals surface area contributed by atoms with Crippen LogP contribution in [-0.2, 0) is 4.79 Å². The van der Waals surface area contributed by atoms with Gasteiger partial charge in [-0.2, -0.15) is 5.26 Å². The smallest absolute Gasteiger partial charge is 0.267 e.